The van der Waals surface area contributed by atoms with Crippen molar-refractivity contribution in [3.05, 3.63) is 64.2 Å². The van der Waals surface area contributed by atoms with E-state index in [0.717, 1.165) is 0 Å². The van der Waals surface area contributed by atoms with Gasteiger partial charge in [0.25, 0.3) is 11.6 Å². The van der Waals surface area contributed by atoms with Gasteiger partial charge in [-0.3, -0.25) is 25.0 Å². The normalized spacial score (nSPS) is 10.4. The Morgan fingerprint density at radius 3 is 2.48 bits per heavy atom. The molecule has 0 unspecified atom stereocenters. The number of non-ortho nitro benzene ring substituents is 1. The topological polar surface area (TPSA) is 140 Å². The summed E-state index contributed by atoms with van der Waals surface area (Å²) in [4.78, 5) is 34.5. The number of halogens is 1. The van der Waals surface area contributed by atoms with E-state index in [1.165, 1.54) is 30.3 Å². The number of nitrogens with zero attached hydrogens (tertiary/aromatic N) is 3. The van der Waals surface area contributed by atoms with E-state index in [1.54, 1.807) is 18.2 Å². The van der Waals surface area contributed by atoms with Crippen LogP contribution < -0.4 is 10.6 Å². The first kappa shape index (κ1) is 20.0. The molecule has 0 saturated heterocycles. The summed E-state index contributed by atoms with van der Waals surface area (Å²) in [6.45, 7) is 0. The molecule has 0 bridgehead atoms. The molecule has 0 spiro atoms. The van der Waals surface area contributed by atoms with Crippen LogP contribution in [-0.4, -0.2) is 32.8 Å². The van der Waals surface area contributed by atoms with Gasteiger partial charge in [0.15, 0.2) is 0 Å². The molecule has 29 heavy (non-hydrogen) atoms. The molecule has 3 aromatic rings. The van der Waals surface area contributed by atoms with Gasteiger partial charge in [0.2, 0.25) is 11.8 Å². The minimum absolute atomic E-state index is 0.0744. The second kappa shape index (κ2) is 8.93. The van der Waals surface area contributed by atoms with Gasteiger partial charge in [-0.1, -0.05) is 17.2 Å². The average Bonchev–Trinajstić information content (AvgIpc) is 3.17. The van der Waals surface area contributed by atoms with Crippen molar-refractivity contribution in [2.45, 2.75) is 6.42 Å². The summed E-state index contributed by atoms with van der Waals surface area (Å²) in [5.41, 5.74) is 0.896. The molecule has 0 fully saturated rings. The number of carbonyl (C=O) groups is 2. The van der Waals surface area contributed by atoms with Crippen LogP contribution in [0.5, 0.6) is 0 Å². The third-order valence-corrected chi connectivity index (χ3v) is 3.93. The molecule has 148 valence electrons. The summed E-state index contributed by atoms with van der Waals surface area (Å²) in [7, 11) is 0. The van der Waals surface area contributed by atoms with Crippen molar-refractivity contribution in [2.24, 2.45) is 0 Å². The van der Waals surface area contributed by atoms with Crippen LogP contribution in [0.15, 0.2) is 52.9 Å². The van der Waals surface area contributed by atoms with Gasteiger partial charge in [0, 0.05) is 30.0 Å². The Morgan fingerprint density at radius 1 is 1.07 bits per heavy atom. The molecule has 0 atom stereocenters. The third kappa shape index (κ3) is 4.93. The van der Waals surface area contributed by atoms with E-state index in [1.807, 2.05) is 0 Å². The Balaban J connectivity index is 1.74. The fraction of sp³-hybridized carbons (Fsp3) is 0.111. The highest BCUT2D eigenvalue weighted by atomic mass is 35.5. The zero-order valence-corrected chi connectivity index (χ0v) is 15.5. The summed E-state index contributed by atoms with van der Waals surface area (Å²) in [5, 5.41) is 23.4. The predicted octanol–water partition coefficient (Wildman–Crippen LogP) is 3.46. The van der Waals surface area contributed by atoms with Gasteiger partial charge in [0.05, 0.1) is 16.2 Å². The highest BCUT2D eigenvalue weighted by molar-refractivity contribution is 6.19. The lowest BCUT2D eigenvalue weighted by Gasteiger charge is -2.09. The quantitative estimate of drug-likeness (QED) is 0.342. The van der Waals surface area contributed by atoms with E-state index >= 15 is 0 Å². The number of amides is 2. The fourth-order valence-electron chi connectivity index (χ4n) is 2.37. The summed E-state index contributed by atoms with van der Waals surface area (Å²) >= 11 is 5.55. The molecule has 0 radical (unpaired) electrons. The van der Waals surface area contributed by atoms with E-state index in [9.17, 15) is 19.7 Å². The summed E-state index contributed by atoms with van der Waals surface area (Å²) < 4.78 is 5.39. The number of rotatable bonds is 7. The largest absolute Gasteiger partial charge is 0.403 e. The second-order valence-corrected chi connectivity index (χ2v) is 6.08. The monoisotopic (exact) mass is 415 g/mol. The fourth-order valence-corrected chi connectivity index (χ4v) is 2.54. The van der Waals surface area contributed by atoms with Gasteiger partial charge in [-0.15, -0.1) is 16.7 Å². The average molecular weight is 416 g/mol. The number of aromatic nitrogens is 2. The Bertz CT molecular complexity index is 1050. The van der Waals surface area contributed by atoms with Crippen molar-refractivity contribution in [1.29, 1.82) is 0 Å². The van der Waals surface area contributed by atoms with Gasteiger partial charge in [-0.05, 0) is 24.3 Å². The third-order valence-electron chi connectivity index (χ3n) is 3.74. The zero-order valence-electron chi connectivity index (χ0n) is 14.8. The van der Waals surface area contributed by atoms with E-state index in [2.05, 4.69) is 20.8 Å². The summed E-state index contributed by atoms with van der Waals surface area (Å²) in [6, 6.07) is 11.8. The highest BCUT2D eigenvalue weighted by Gasteiger charge is 2.17. The van der Waals surface area contributed by atoms with Crippen molar-refractivity contribution in [1.82, 2.24) is 10.2 Å². The lowest BCUT2D eigenvalue weighted by Crippen LogP contribution is -2.18. The number of nitrogens with one attached hydrogen (secondary N) is 2. The Labute approximate surface area is 169 Å². The number of carbonyl (C=O) groups excluding carboxylic acids is 2. The van der Waals surface area contributed by atoms with Crippen molar-refractivity contribution in [2.75, 3.05) is 16.5 Å². The first-order chi connectivity index (χ1) is 14.0. The number of alkyl halides is 1. The zero-order chi connectivity index (χ0) is 20.8. The van der Waals surface area contributed by atoms with Crippen molar-refractivity contribution < 1.29 is 18.9 Å². The maximum absolute atomic E-state index is 12.5. The van der Waals surface area contributed by atoms with Crippen molar-refractivity contribution in [3.63, 3.8) is 0 Å². The van der Waals surface area contributed by atoms with E-state index in [0.29, 0.717) is 11.3 Å². The van der Waals surface area contributed by atoms with Crippen LogP contribution in [0.3, 0.4) is 0 Å². The van der Waals surface area contributed by atoms with E-state index in [4.69, 9.17) is 16.0 Å². The van der Waals surface area contributed by atoms with Gasteiger partial charge < -0.3 is 9.73 Å². The smallest absolute Gasteiger partial charge is 0.322 e. The number of para-hydroxylation sites is 1. The molecular formula is C18H14ClN5O5. The Kier molecular flexibility index (Phi) is 6.15. The number of hydrogen-bond acceptors (Lipinski definition) is 7. The first-order valence-corrected chi connectivity index (χ1v) is 8.86. The maximum atomic E-state index is 12.5. The molecule has 0 aliphatic heterocycles. The molecule has 2 aromatic carbocycles. The Hall–Kier alpha value is -3.79. The number of anilines is 2. The number of hydrogen-bond donors (Lipinski definition) is 2. The van der Waals surface area contributed by atoms with Crippen LogP contribution in [0.4, 0.5) is 17.4 Å². The lowest BCUT2D eigenvalue weighted by atomic mass is 10.1. The van der Waals surface area contributed by atoms with Crippen molar-refractivity contribution in [3.8, 4) is 11.5 Å². The standard InChI is InChI=1S/C18H14ClN5O5/c19-10-9-15(25)20-14-4-2-1-3-13(14)16(26)21-18-23-22-17(29-18)11-5-7-12(8-6-11)24(27)28/h1-8H,9-10H2,(H,20,25)(H,21,23,26). The van der Waals surface area contributed by atoms with Gasteiger partial charge in [-0.25, -0.2) is 0 Å². The molecule has 2 N–H and O–H groups in total. The number of nitro groups is 1. The molecule has 2 amide bonds. The maximum Gasteiger partial charge on any atom is 0.322 e. The molecule has 0 aliphatic rings. The lowest BCUT2D eigenvalue weighted by molar-refractivity contribution is -0.384. The van der Waals surface area contributed by atoms with Gasteiger partial charge >= 0.3 is 6.01 Å². The minimum Gasteiger partial charge on any atom is -0.403 e. The summed E-state index contributed by atoms with van der Waals surface area (Å²) in [6.07, 6.45) is 0.111. The number of benzene rings is 2. The summed E-state index contributed by atoms with van der Waals surface area (Å²) in [5.74, 6) is -0.642. The van der Waals surface area contributed by atoms with Crippen LogP contribution in [-0.2, 0) is 4.79 Å². The molecular weight excluding hydrogens is 402 g/mol. The molecule has 11 heteroatoms. The Morgan fingerprint density at radius 2 is 1.79 bits per heavy atom. The molecule has 1 heterocycles. The van der Waals surface area contributed by atoms with Crippen LogP contribution in [0.2, 0.25) is 0 Å². The van der Waals surface area contributed by atoms with Crippen LogP contribution in [0.1, 0.15) is 16.8 Å². The highest BCUT2D eigenvalue weighted by Crippen LogP contribution is 2.23. The molecule has 0 saturated carbocycles. The molecule has 3 rings (SSSR count). The molecule has 1 aromatic heterocycles. The SMILES string of the molecule is O=C(CCCl)Nc1ccccc1C(=O)Nc1nnc(-c2ccc([N+](=O)[O-])cc2)o1. The first-order valence-electron chi connectivity index (χ1n) is 8.32. The predicted molar refractivity (Wildman–Crippen MR) is 105 cm³/mol. The van der Waals surface area contributed by atoms with Crippen LogP contribution >= 0.6 is 11.6 Å². The molecule has 10 nitrogen and oxygen atoms in total. The van der Waals surface area contributed by atoms with E-state index in [-0.39, 0.29) is 41.4 Å². The van der Waals surface area contributed by atoms with E-state index < -0.39 is 10.8 Å². The van der Waals surface area contributed by atoms with Crippen molar-refractivity contribution >= 4 is 40.8 Å². The number of nitro benzene ring substituents is 1. The molecule has 0 aliphatic carbocycles. The second-order valence-electron chi connectivity index (χ2n) is 5.70. The van der Waals surface area contributed by atoms with Gasteiger partial charge in [0.1, 0.15) is 0 Å². The minimum atomic E-state index is -0.564. The van der Waals surface area contributed by atoms with Gasteiger partial charge in [-0.2, -0.15) is 0 Å². The van der Waals surface area contributed by atoms with Crippen LogP contribution in [0, 0.1) is 10.1 Å². The van der Waals surface area contributed by atoms with Crippen LogP contribution in [0.25, 0.3) is 11.5 Å².